The molecule has 5 rings (SSSR count). The Kier molecular flexibility index (Phi) is 9.12. The van der Waals surface area contributed by atoms with Gasteiger partial charge in [0.25, 0.3) is 0 Å². The molecule has 17 heteroatoms. The van der Waals surface area contributed by atoms with Crippen LogP contribution in [0.4, 0.5) is 26.3 Å². The van der Waals surface area contributed by atoms with Gasteiger partial charge >= 0.3 is 24.3 Å². The third kappa shape index (κ3) is 7.60. The van der Waals surface area contributed by atoms with Crippen molar-refractivity contribution in [2.24, 2.45) is 7.05 Å². The van der Waals surface area contributed by atoms with Crippen LogP contribution in [0.5, 0.6) is 0 Å². The Morgan fingerprint density at radius 1 is 0.951 bits per heavy atom. The standard InChI is InChI=1S/C20H20N4O2S.2C2HF3O2/c1-23-11-16(9-22-23)15-2-3-19-17(8-15)18-12-24(13-20(18)27(19,25)26)10-14-4-6-21-7-5-14;2*3-2(4,5)1(6)7/h2-9,11,18,20H,10,12-13H2,1H3;2*(H,6,7). The molecular weight excluding hydrogens is 586 g/mol. The number of aromatic nitrogens is 3. The van der Waals surface area contributed by atoms with E-state index >= 15 is 0 Å². The first-order valence-corrected chi connectivity index (χ1v) is 13.0. The van der Waals surface area contributed by atoms with Crippen molar-refractivity contribution in [1.82, 2.24) is 19.7 Å². The molecule has 0 bridgehead atoms. The average Bonchev–Trinajstić information content (AvgIpc) is 3.55. The number of halogens is 6. The zero-order valence-electron chi connectivity index (χ0n) is 21.0. The first-order chi connectivity index (χ1) is 18.9. The predicted octanol–water partition coefficient (Wildman–Crippen LogP) is 3.50. The van der Waals surface area contributed by atoms with E-state index in [2.05, 4.69) is 15.0 Å². The van der Waals surface area contributed by atoms with Crippen molar-refractivity contribution < 1.29 is 54.6 Å². The van der Waals surface area contributed by atoms with Crippen molar-refractivity contribution >= 4 is 21.8 Å². The van der Waals surface area contributed by atoms with Crippen molar-refractivity contribution in [2.45, 2.75) is 35.0 Å². The van der Waals surface area contributed by atoms with Gasteiger partial charge in [0.15, 0.2) is 9.84 Å². The van der Waals surface area contributed by atoms with E-state index in [1.54, 1.807) is 23.1 Å². The number of fused-ring (bicyclic) bond motifs is 3. The summed E-state index contributed by atoms with van der Waals surface area (Å²) in [6.45, 7) is 2.09. The number of likely N-dealkylation sites (tertiary alicyclic amines) is 1. The van der Waals surface area contributed by atoms with E-state index in [0.717, 1.165) is 35.3 Å². The van der Waals surface area contributed by atoms with Crippen LogP contribution >= 0.6 is 0 Å². The fourth-order valence-corrected chi connectivity index (χ4v) is 6.55. The van der Waals surface area contributed by atoms with Crippen molar-refractivity contribution in [3.05, 3.63) is 66.2 Å². The molecule has 0 amide bonds. The van der Waals surface area contributed by atoms with Crippen molar-refractivity contribution in [2.75, 3.05) is 13.1 Å². The molecule has 2 N–H and O–H groups in total. The molecule has 2 unspecified atom stereocenters. The van der Waals surface area contributed by atoms with Crippen LogP contribution in [0.15, 0.2) is 60.0 Å². The van der Waals surface area contributed by atoms with Gasteiger partial charge in [0.1, 0.15) is 0 Å². The number of carboxylic acids is 2. The monoisotopic (exact) mass is 608 g/mol. The summed E-state index contributed by atoms with van der Waals surface area (Å²) in [6, 6.07) is 9.68. The van der Waals surface area contributed by atoms with Crippen LogP contribution in [0, 0.1) is 0 Å². The number of benzene rings is 1. The van der Waals surface area contributed by atoms with Gasteiger partial charge in [-0.2, -0.15) is 31.4 Å². The molecule has 0 spiro atoms. The zero-order valence-corrected chi connectivity index (χ0v) is 21.8. The van der Waals surface area contributed by atoms with E-state index in [1.165, 1.54) is 0 Å². The number of carbonyl (C=O) groups is 2. The number of hydrogen-bond acceptors (Lipinski definition) is 7. The van der Waals surface area contributed by atoms with Crippen LogP contribution in [0.3, 0.4) is 0 Å². The Morgan fingerprint density at radius 2 is 1.51 bits per heavy atom. The summed E-state index contributed by atoms with van der Waals surface area (Å²) in [5, 5.41) is 18.1. The van der Waals surface area contributed by atoms with Crippen LogP contribution in [0.2, 0.25) is 0 Å². The molecule has 41 heavy (non-hydrogen) atoms. The molecule has 3 aromatic rings. The minimum atomic E-state index is -5.08. The summed E-state index contributed by atoms with van der Waals surface area (Å²) in [7, 11) is -1.40. The summed E-state index contributed by atoms with van der Waals surface area (Å²) < 4.78 is 91.4. The molecule has 1 saturated heterocycles. The maximum atomic E-state index is 13.1. The number of hydrogen-bond donors (Lipinski definition) is 2. The lowest BCUT2D eigenvalue weighted by molar-refractivity contribution is -0.193. The minimum Gasteiger partial charge on any atom is -0.475 e. The van der Waals surface area contributed by atoms with Gasteiger partial charge in [0.05, 0.1) is 16.3 Å². The van der Waals surface area contributed by atoms with Crippen LogP contribution in [-0.2, 0) is 33.0 Å². The Labute approximate surface area is 228 Å². The molecule has 2 aromatic heterocycles. The Balaban J connectivity index is 0.000000276. The Bertz CT molecular complexity index is 1480. The number of carboxylic acid groups (broad SMARTS) is 2. The van der Waals surface area contributed by atoms with Gasteiger partial charge in [-0.15, -0.1) is 0 Å². The minimum absolute atomic E-state index is 0.0310. The van der Waals surface area contributed by atoms with Gasteiger partial charge < -0.3 is 10.2 Å². The number of aliphatic carboxylic acids is 2. The maximum absolute atomic E-state index is 13.1. The van der Waals surface area contributed by atoms with Gasteiger partial charge in [-0.05, 0) is 41.0 Å². The topological polar surface area (TPSA) is 143 Å². The summed E-state index contributed by atoms with van der Waals surface area (Å²) in [6.07, 6.45) is -2.85. The maximum Gasteiger partial charge on any atom is 0.490 e. The largest absolute Gasteiger partial charge is 0.490 e. The quantitative estimate of drug-likeness (QED) is 0.427. The summed E-state index contributed by atoms with van der Waals surface area (Å²) in [4.78, 5) is 24.6. The van der Waals surface area contributed by atoms with Gasteiger partial charge in [0, 0.05) is 56.8 Å². The van der Waals surface area contributed by atoms with Crippen LogP contribution in [0.25, 0.3) is 11.1 Å². The van der Waals surface area contributed by atoms with E-state index < -0.39 is 34.1 Å². The molecule has 2 atom stereocenters. The van der Waals surface area contributed by atoms with E-state index in [9.17, 15) is 34.8 Å². The van der Waals surface area contributed by atoms with Gasteiger partial charge in [-0.25, -0.2) is 18.0 Å². The smallest absolute Gasteiger partial charge is 0.475 e. The molecule has 4 heterocycles. The lowest BCUT2D eigenvalue weighted by Gasteiger charge is -2.17. The number of sulfone groups is 1. The molecule has 1 aromatic carbocycles. The molecule has 2 aliphatic heterocycles. The van der Waals surface area contributed by atoms with Crippen LogP contribution in [0.1, 0.15) is 17.0 Å². The molecule has 222 valence electrons. The van der Waals surface area contributed by atoms with Gasteiger partial charge in [0.2, 0.25) is 0 Å². The third-order valence-corrected chi connectivity index (χ3v) is 8.39. The highest BCUT2D eigenvalue weighted by Crippen LogP contribution is 2.46. The highest BCUT2D eigenvalue weighted by molar-refractivity contribution is 7.92. The second-order valence-corrected chi connectivity index (χ2v) is 11.1. The van der Waals surface area contributed by atoms with Crippen molar-refractivity contribution in [1.29, 1.82) is 0 Å². The zero-order chi connectivity index (χ0) is 30.8. The fraction of sp³-hybridized carbons (Fsp3) is 0.333. The van der Waals surface area contributed by atoms with E-state index in [-0.39, 0.29) is 11.2 Å². The van der Waals surface area contributed by atoms with Gasteiger partial charge in [-0.1, -0.05) is 6.07 Å². The van der Waals surface area contributed by atoms with E-state index in [4.69, 9.17) is 19.8 Å². The highest BCUT2D eigenvalue weighted by Gasteiger charge is 2.50. The number of pyridine rings is 1. The van der Waals surface area contributed by atoms with Crippen LogP contribution < -0.4 is 0 Å². The number of alkyl halides is 6. The molecule has 0 saturated carbocycles. The highest BCUT2D eigenvalue weighted by atomic mass is 32.2. The fourth-order valence-electron chi connectivity index (χ4n) is 4.35. The molecule has 1 fully saturated rings. The Hall–Kier alpha value is -3.99. The first kappa shape index (κ1) is 31.5. The third-order valence-electron chi connectivity index (χ3n) is 6.13. The van der Waals surface area contributed by atoms with Crippen LogP contribution in [-0.4, -0.2) is 80.9 Å². The number of aryl methyl sites for hydroxylation is 1. The van der Waals surface area contributed by atoms with Crippen molar-refractivity contribution in [3.63, 3.8) is 0 Å². The predicted molar refractivity (Wildman–Crippen MR) is 129 cm³/mol. The SMILES string of the molecule is Cn1cc(-c2ccc3c(c2)C2CN(Cc4ccncc4)CC2S3(=O)=O)cn1.O=C(O)C(F)(F)F.O=C(O)C(F)(F)F. The van der Waals surface area contributed by atoms with E-state index in [0.29, 0.717) is 11.4 Å². The molecular formula is C24H22F6N4O6S. The number of nitrogens with zero attached hydrogens (tertiary/aromatic N) is 4. The summed E-state index contributed by atoms with van der Waals surface area (Å²) in [5.74, 6) is -5.48. The number of rotatable bonds is 3. The summed E-state index contributed by atoms with van der Waals surface area (Å²) in [5.41, 5.74) is 4.14. The second kappa shape index (κ2) is 11.9. The molecule has 0 radical (unpaired) electrons. The van der Waals surface area contributed by atoms with E-state index in [1.807, 2.05) is 43.7 Å². The Morgan fingerprint density at radius 3 is 2.00 bits per heavy atom. The molecule has 0 aliphatic carbocycles. The lowest BCUT2D eigenvalue weighted by Crippen LogP contribution is -2.25. The lowest BCUT2D eigenvalue weighted by atomic mass is 9.95. The van der Waals surface area contributed by atoms with Crippen molar-refractivity contribution in [3.8, 4) is 11.1 Å². The van der Waals surface area contributed by atoms with Gasteiger partial charge in [-0.3, -0.25) is 14.6 Å². The first-order valence-electron chi connectivity index (χ1n) is 11.5. The molecule has 10 nitrogen and oxygen atoms in total. The normalized spacial score (nSPS) is 19.2. The summed E-state index contributed by atoms with van der Waals surface area (Å²) >= 11 is 0. The second-order valence-electron chi connectivity index (χ2n) is 9.00. The average molecular weight is 609 g/mol. The molecule has 2 aliphatic rings.